The summed E-state index contributed by atoms with van der Waals surface area (Å²) in [5.41, 5.74) is 0.564. The molecule has 0 aliphatic heterocycles. The summed E-state index contributed by atoms with van der Waals surface area (Å²) in [5.74, 6) is -0.00859. The average Bonchev–Trinajstić information content (AvgIpc) is 2.44. The van der Waals surface area contributed by atoms with Crippen LogP contribution in [0.1, 0.15) is 19.4 Å². The second-order valence-electron chi connectivity index (χ2n) is 5.20. The molecule has 0 aliphatic rings. The van der Waals surface area contributed by atoms with Crippen LogP contribution in [0.2, 0.25) is 5.02 Å². The molecule has 1 N–H and O–H groups in total. The van der Waals surface area contributed by atoms with Crippen molar-refractivity contribution in [3.05, 3.63) is 57.2 Å². The highest BCUT2D eigenvalue weighted by Gasteiger charge is 2.10. The van der Waals surface area contributed by atoms with Gasteiger partial charge in [0, 0.05) is 18.7 Å². The molecular weight excluding hydrogens is 293 g/mol. The molecule has 6 heteroatoms. The zero-order valence-electron chi connectivity index (χ0n) is 11.9. The van der Waals surface area contributed by atoms with E-state index in [-0.39, 0.29) is 22.9 Å². The van der Waals surface area contributed by atoms with E-state index in [4.69, 9.17) is 11.6 Å². The zero-order chi connectivity index (χ0) is 15.4. The lowest BCUT2D eigenvalue weighted by molar-refractivity contribution is 0.464. The second kappa shape index (κ2) is 6.72. The summed E-state index contributed by atoms with van der Waals surface area (Å²) in [6, 6.07) is 6.43. The van der Waals surface area contributed by atoms with Gasteiger partial charge in [0.05, 0.1) is 11.9 Å². The Balaban J connectivity index is 2.17. The molecule has 2 rings (SSSR count). The fourth-order valence-corrected chi connectivity index (χ4v) is 2.11. The molecule has 112 valence electrons. The highest BCUT2D eigenvalue weighted by Crippen LogP contribution is 2.17. The first-order valence-corrected chi connectivity index (χ1v) is 7.09. The molecule has 0 spiro atoms. The molecule has 0 radical (unpaired) electrons. The van der Waals surface area contributed by atoms with Gasteiger partial charge in [0.2, 0.25) is 0 Å². The van der Waals surface area contributed by atoms with E-state index in [9.17, 15) is 9.18 Å². The van der Waals surface area contributed by atoms with Gasteiger partial charge in [0.25, 0.3) is 5.56 Å². The fraction of sp³-hybridized carbons (Fsp3) is 0.333. The maximum atomic E-state index is 13.5. The molecule has 1 aromatic carbocycles. The van der Waals surface area contributed by atoms with E-state index in [1.807, 2.05) is 13.8 Å². The number of hydrogen-bond acceptors (Lipinski definition) is 3. The van der Waals surface area contributed by atoms with E-state index in [0.717, 1.165) is 0 Å². The number of hydrogen-bond donors (Lipinski definition) is 1. The lowest BCUT2D eigenvalue weighted by atomic mass is 10.2. The molecule has 0 amide bonds. The number of nitrogens with one attached hydrogen (secondary N) is 1. The van der Waals surface area contributed by atoms with Crippen LogP contribution in [0.4, 0.5) is 10.1 Å². The van der Waals surface area contributed by atoms with Crippen molar-refractivity contribution in [3.63, 3.8) is 0 Å². The van der Waals surface area contributed by atoms with E-state index in [0.29, 0.717) is 23.7 Å². The van der Waals surface area contributed by atoms with Crippen molar-refractivity contribution < 1.29 is 4.39 Å². The first kappa shape index (κ1) is 15.5. The van der Waals surface area contributed by atoms with Crippen LogP contribution in [0.3, 0.4) is 0 Å². The van der Waals surface area contributed by atoms with Crippen molar-refractivity contribution in [2.75, 3.05) is 5.32 Å². The summed E-state index contributed by atoms with van der Waals surface area (Å²) in [6.07, 6.45) is 1.49. The number of anilines is 1. The number of aromatic nitrogens is 2. The standard InChI is InChI=1S/C15H17ClFN3O/c1-10(2)9-20-15(21)14(16)13(8-19-20)18-7-11-5-3-4-6-12(11)17/h3-6,8,10,18H,7,9H2,1-2H3. The van der Waals surface area contributed by atoms with Crippen molar-refractivity contribution >= 4 is 17.3 Å². The zero-order valence-corrected chi connectivity index (χ0v) is 12.7. The summed E-state index contributed by atoms with van der Waals surface area (Å²) < 4.78 is 14.9. The van der Waals surface area contributed by atoms with E-state index in [2.05, 4.69) is 10.4 Å². The van der Waals surface area contributed by atoms with Crippen LogP contribution < -0.4 is 10.9 Å². The number of halogens is 2. The van der Waals surface area contributed by atoms with Crippen molar-refractivity contribution in [2.45, 2.75) is 26.9 Å². The Morgan fingerprint density at radius 3 is 2.76 bits per heavy atom. The SMILES string of the molecule is CC(C)Cn1ncc(NCc2ccccc2F)c(Cl)c1=O. The number of nitrogens with zero attached hydrogens (tertiary/aromatic N) is 2. The Kier molecular flexibility index (Phi) is 4.96. The summed E-state index contributed by atoms with van der Waals surface area (Å²) in [7, 11) is 0. The summed E-state index contributed by atoms with van der Waals surface area (Å²) in [4.78, 5) is 12.1. The molecule has 0 aliphatic carbocycles. The molecule has 4 nitrogen and oxygen atoms in total. The van der Waals surface area contributed by atoms with Crippen LogP contribution in [0.5, 0.6) is 0 Å². The summed E-state index contributed by atoms with van der Waals surface area (Å²) >= 11 is 6.06. The topological polar surface area (TPSA) is 46.9 Å². The Morgan fingerprint density at radius 2 is 2.10 bits per heavy atom. The van der Waals surface area contributed by atoms with Gasteiger partial charge in [-0.3, -0.25) is 4.79 Å². The molecule has 21 heavy (non-hydrogen) atoms. The van der Waals surface area contributed by atoms with E-state index < -0.39 is 0 Å². The first-order chi connectivity index (χ1) is 9.99. The quantitative estimate of drug-likeness (QED) is 0.922. The Labute approximate surface area is 127 Å². The van der Waals surface area contributed by atoms with Crippen molar-refractivity contribution in [3.8, 4) is 0 Å². The predicted molar refractivity (Wildman–Crippen MR) is 82.1 cm³/mol. The predicted octanol–water partition coefficient (Wildman–Crippen LogP) is 3.30. The molecule has 0 saturated carbocycles. The van der Waals surface area contributed by atoms with Gasteiger partial charge in [0.15, 0.2) is 0 Å². The Bertz CT molecular complexity index is 685. The molecular formula is C15H17ClFN3O. The highest BCUT2D eigenvalue weighted by molar-refractivity contribution is 6.32. The maximum absolute atomic E-state index is 13.5. The minimum atomic E-state index is -0.344. The first-order valence-electron chi connectivity index (χ1n) is 6.72. The molecule has 1 heterocycles. The van der Waals surface area contributed by atoms with Gasteiger partial charge in [-0.2, -0.15) is 5.10 Å². The Morgan fingerprint density at radius 1 is 1.38 bits per heavy atom. The minimum Gasteiger partial charge on any atom is -0.378 e. The molecule has 1 aromatic heterocycles. The van der Waals surface area contributed by atoms with Crippen LogP contribution in [0.25, 0.3) is 0 Å². The fourth-order valence-electron chi connectivity index (χ4n) is 1.90. The third kappa shape index (κ3) is 3.82. The van der Waals surface area contributed by atoms with E-state index >= 15 is 0 Å². The van der Waals surface area contributed by atoms with E-state index in [1.54, 1.807) is 18.2 Å². The van der Waals surface area contributed by atoms with Gasteiger partial charge in [-0.25, -0.2) is 9.07 Å². The normalized spacial score (nSPS) is 10.9. The molecule has 2 aromatic rings. The number of benzene rings is 1. The molecule has 0 unspecified atom stereocenters. The Hall–Kier alpha value is -1.88. The van der Waals surface area contributed by atoms with Crippen LogP contribution in [0, 0.1) is 11.7 Å². The van der Waals surface area contributed by atoms with E-state index in [1.165, 1.54) is 16.9 Å². The maximum Gasteiger partial charge on any atom is 0.287 e. The van der Waals surface area contributed by atoms with Gasteiger partial charge in [-0.05, 0) is 12.0 Å². The second-order valence-corrected chi connectivity index (χ2v) is 5.58. The third-order valence-electron chi connectivity index (χ3n) is 2.95. The molecule has 0 bridgehead atoms. The van der Waals surface area contributed by atoms with Gasteiger partial charge < -0.3 is 5.32 Å². The highest BCUT2D eigenvalue weighted by atomic mass is 35.5. The van der Waals surface area contributed by atoms with Gasteiger partial charge in [0.1, 0.15) is 10.8 Å². The third-order valence-corrected chi connectivity index (χ3v) is 3.32. The minimum absolute atomic E-state index is 0.0713. The average molecular weight is 310 g/mol. The summed E-state index contributed by atoms with van der Waals surface area (Å²) in [6.45, 7) is 4.73. The number of rotatable bonds is 5. The lowest BCUT2D eigenvalue weighted by Gasteiger charge is -2.12. The molecule has 0 fully saturated rings. The van der Waals surface area contributed by atoms with Gasteiger partial charge >= 0.3 is 0 Å². The van der Waals surface area contributed by atoms with Gasteiger partial charge in [-0.1, -0.05) is 43.6 Å². The smallest absolute Gasteiger partial charge is 0.287 e. The van der Waals surface area contributed by atoms with Crippen LogP contribution in [-0.2, 0) is 13.1 Å². The van der Waals surface area contributed by atoms with Crippen LogP contribution in [0.15, 0.2) is 35.3 Å². The van der Waals surface area contributed by atoms with Crippen LogP contribution >= 0.6 is 11.6 Å². The van der Waals surface area contributed by atoms with Crippen molar-refractivity contribution in [2.24, 2.45) is 5.92 Å². The molecule has 0 saturated heterocycles. The van der Waals surface area contributed by atoms with Crippen molar-refractivity contribution in [1.82, 2.24) is 9.78 Å². The lowest BCUT2D eigenvalue weighted by Crippen LogP contribution is -2.26. The van der Waals surface area contributed by atoms with Gasteiger partial charge in [-0.15, -0.1) is 0 Å². The van der Waals surface area contributed by atoms with Crippen molar-refractivity contribution in [1.29, 1.82) is 0 Å². The monoisotopic (exact) mass is 309 g/mol. The largest absolute Gasteiger partial charge is 0.378 e. The summed E-state index contributed by atoms with van der Waals surface area (Å²) in [5, 5.41) is 7.09. The molecule has 0 atom stereocenters. The van der Waals surface area contributed by atoms with Crippen LogP contribution in [-0.4, -0.2) is 9.78 Å².